The van der Waals surface area contributed by atoms with Gasteiger partial charge in [0.15, 0.2) is 5.82 Å². The lowest BCUT2D eigenvalue weighted by Crippen LogP contribution is -2.33. The minimum atomic E-state index is -0.336. The molecule has 1 fully saturated rings. The Morgan fingerprint density at radius 3 is 2.79 bits per heavy atom. The third-order valence-corrected chi connectivity index (χ3v) is 4.30. The number of anilines is 1. The van der Waals surface area contributed by atoms with Crippen molar-refractivity contribution in [3.05, 3.63) is 42.0 Å². The molecule has 2 amide bonds. The average Bonchev–Trinajstić information content (AvgIpc) is 3.19. The van der Waals surface area contributed by atoms with Gasteiger partial charge in [0, 0.05) is 25.2 Å². The lowest BCUT2D eigenvalue weighted by atomic mass is 10.1. The Morgan fingerprint density at radius 2 is 2.08 bits per heavy atom. The van der Waals surface area contributed by atoms with Gasteiger partial charge in [-0.3, -0.25) is 9.59 Å². The van der Waals surface area contributed by atoms with Crippen LogP contribution in [-0.2, 0) is 22.7 Å². The second kappa shape index (κ2) is 6.82. The number of aryl methyl sites for hydroxylation is 2. The van der Waals surface area contributed by atoms with Crippen molar-refractivity contribution >= 4 is 17.5 Å². The van der Waals surface area contributed by atoms with Gasteiger partial charge in [0.25, 0.3) is 0 Å². The number of benzene rings is 1. The fourth-order valence-electron chi connectivity index (χ4n) is 2.85. The number of rotatable bonds is 5. The van der Waals surface area contributed by atoms with Crippen LogP contribution < -0.4 is 10.2 Å². The monoisotopic (exact) mass is 327 g/mol. The molecule has 126 valence electrons. The van der Waals surface area contributed by atoms with E-state index in [0.29, 0.717) is 18.9 Å². The van der Waals surface area contributed by atoms with E-state index in [4.69, 9.17) is 0 Å². The molecule has 1 saturated heterocycles. The van der Waals surface area contributed by atoms with E-state index in [-0.39, 0.29) is 24.2 Å². The van der Waals surface area contributed by atoms with E-state index in [2.05, 4.69) is 15.5 Å². The number of carbonyl (C=O) groups is 2. The third-order valence-electron chi connectivity index (χ3n) is 4.30. The van der Waals surface area contributed by atoms with Crippen LogP contribution in [0.15, 0.2) is 30.6 Å². The standard InChI is InChI=1S/C17H21N5O2/c1-3-21-11-19-20-15(21)9-18-17(24)13-8-16(23)22(10-13)14-6-4-12(2)5-7-14/h4-7,11,13H,3,8-10H2,1-2H3,(H,18,24). The quantitative estimate of drug-likeness (QED) is 0.897. The predicted molar refractivity (Wildman–Crippen MR) is 89.2 cm³/mol. The van der Waals surface area contributed by atoms with E-state index in [0.717, 1.165) is 17.8 Å². The van der Waals surface area contributed by atoms with Gasteiger partial charge in [0.2, 0.25) is 11.8 Å². The van der Waals surface area contributed by atoms with Gasteiger partial charge in [-0.2, -0.15) is 0 Å². The summed E-state index contributed by atoms with van der Waals surface area (Å²) in [5.41, 5.74) is 1.98. The molecule has 24 heavy (non-hydrogen) atoms. The highest BCUT2D eigenvalue weighted by molar-refractivity contribution is 6.00. The molecular weight excluding hydrogens is 306 g/mol. The number of hydrogen-bond acceptors (Lipinski definition) is 4. The van der Waals surface area contributed by atoms with Crippen molar-refractivity contribution in [2.75, 3.05) is 11.4 Å². The van der Waals surface area contributed by atoms with E-state index >= 15 is 0 Å². The van der Waals surface area contributed by atoms with Gasteiger partial charge < -0.3 is 14.8 Å². The summed E-state index contributed by atoms with van der Waals surface area (Å²) in [6.45, 7) is 5.47. The van der Waals surface area contributed by atoms with Gasteiger partial charge in [0.05, 0.1) is 12.5 Å². The molecule has 1 aliphatic heterocycles. The largest absolute Gasteiger partial charge is 0.348 e. The highest BCUT2D eigenvalue weighted by Crippen LogP contribution is 2.25. The molecule has 0 saturated carbocycles. The van der Waals surface area contributed by atoms with Crippen LogP contribution in [0.2, 0.25) is 0 Å². The zero-order valence-corrected chi connectivity index (χ0v) is 13.9. The molecule has 1 N–H and O–H groups in total. The topological polar surface area (TPSA) is 80.1 Å². The van der Waals surface area contributed by atoms with Crippen LogP contribution in [0.5, 0.6) is 0 Å². The molecule has 1 aromatic carbocycles. The van der Waals surface area contributed by atoms with Crippen LogP contribution in [0.1, 0.15) is 24.7 Å². The molecule has 7 heteroatoms. The summed E-state index contributed by atoms with van der Waals surface area (Å²) >= 11 is 0. The van der Waals surface area contributed by atoms with Crippen molar-refractivity contribution in [3.63, 3.8) is 0 Å². The van der Waals surface area contributed by atoms with Crippen molar-refractivity contribution < 1.29 is 9.59 Å². The molecule has 7 nitrogen and oxygen atoms in total. The predicted octanol–water partition coefficient (Wildman–Crippen LogP) is 1.28. The van der Waals surface area contributed by atoms with Crippen LogP contribution in [0, 0.1) is 12.8 Å². The number of nitrogens with one attached hydrogen (secondary N) is 1. The first kappa shape index (κ1) is 16.2. The maximum Gasteiger partial charge on any atom is 0.227 e. The lowest BCUT2D eigenvalue weighted by molar-refractivity contribution is -0.126. The van der Waals surface area contributed by atoms with E-state index < -0.39 is 0 Å². The minimum absolute atomic E-state index is 0.0178. The summed E-state index contributed by atoms with van der Waals surface area (Å²) in [6.07, 6.45) is 1.87. The average molecular weight is 327 g/mol. The first-order valence-corrected chi connectivity index (χ1v) is 8.10. The van der Waals surface area contributed by atoms with E-state index in [1.807, 2.05) is 42.7 Å². The fraction of sp³-hybridized carbons (Fsp3) is 0.412. The number of nitrogens with zero attached hydrogens (tertiary/aromatic N) is 4. The Kier molecular flexibility index (Phi) is 4.59. The third kappa shape index (κ3) is 3.29. The molecule has 0 bridgehead atoms. The van der Waals surface area contributed by atoms with E-state index in [1.54, 1.807) is 11.2 Å². The zero-order chi connectivity index (χ0) is 17.1. The smallest absolute Gasteiger partial charge is 0.227 e. The molecule has 0 aliphatic carbocycles. The van der Waals surface area contributed by atoms with Crippen molar-refractivity contribution in [2.24, 2.45) is 5.92 Å². The van der Waals surface area contributed by atoms with E-state index in [1.165, 1.54) is 0 Å². The van der Waals surface area contributed by atoms with Crippen molar-refractivity contribution in [3.8, 4) is 0 Å². The van der Waals surface area contributed by atoms with E-state index in [9.17, 15) is 9.59 Å². The molecular formula is C17H21N5O2. The fourth-order valence-corrected chi connectivity index (χ4v) is 2.85. The molecule has 1 aromatic heterocycles. The molecule has 0 radical (unpaired) electrons. The maximum absolute atomic E-state index is 12.4. The Balaban J connectivity index is 1.60. The molecule has 1 aliphatic rings. The van der Waals surface area contributed by atoms with Crippen LogP contribution >= 0.6 is 0 Å². The summed E-state index contributed by atoms with van der Waals surface area (Å²) in [6, 6.07) is 7.76. The number of hydrogen-bond donors (Lipinski definition) is 1. The first-order valence-electron chi connectivity index (χ1n) is 8.10. The Morgan fingerprint density at radius 1 is 1.33 bits per heavy atom. The Bertz CT molecular complexity index is 738. The summed E-state index contributed by atoms with van der Waals surface area (Å²) in [5, 5.41) is 10.7. The van der Waals surface area contributed by atoms with Crippen LogP contribution in [0.3, 0.4) is 0 Å². The highest BCUT2D eigenvalue weighted by atomic mass is 16.2. The van der Waals surface area contributed by atoms with Gasteiger partial charge >= 0.3 is 0 Å². The van der Waals surface area contributed by atoms with Gasteiger partial charge in [-0.05, 0) is 26.0 Å². The summed E-state index contributed by atoms with van der Waals surface area (Å²) < 4.78 is 1.87. The molecule has 2 heterocycles. The summed E-state index contributed by atoms with van der Waals surface area (Å²) in [5.74, 6) is 0.238. The number of carbonyl (C=O) groups excluding carboxylic acids is 2. The SMILES string of the molecule is CCn1cnnc1CNC(=O)C1CC(=O)N(c2ccc(C)cc2)C1. The second-order valence-electron chi connectivity index (χ2n) is 5.99. The van der Waals surface area contributed by atoms with Crippen LogP contribution in [0.25, 0.3) is 0 Å². The van der Waals surface area contributed by atoms with Gasteiger partial charge in [-0.25, -0.2) is 0 Å². The molecule has 0 spiro atoms. The van der Waals surface area contributed by atoms with Crippen molar-refractivity contribution in [1.82, 2.24) is 20.1 Å². The van der Waals surface area contributed by atoms with Gasteiger partial charge in [-0.15, -0.1) is 10.2 Å². The van der Waals surface area contributed by atoms with Crippen LogP contribution in [0.4, 0.5) is 5.69 Å². The van der Waals surface area contributed by atoms with Crippen molar-refractivity contribution in [2.45, 2.75) is 33.4 Å². The normalized spacial score (nSPS) is 17.3. The molecule has 3 rings (SSSR count). The number of amides is 2. The van der Waals surface area contributed by atoms with Crippen LogP contribution in [-0.4, -0.2) is 33.1 Å². The first-order chi connectivity index (χ1) is 11.6. The molecule has 2 aromatic rings. The maximum atomic E-state index is 12.4. The zero-order valence-electron chi connectivity index (χ0n) is 13.9. The lowest BCUT2D eigenvalue weighted by Gasteiger charge is -2.17. The number of aromatic nitrogens is 3. The van der Waals surface area contributed by atoms with Crippen molar-refractivity contribution in [1.29, 1.82) is 0 Å². The second-order valence-corrected chi connectivity index (χ2v) is 5.99. The highest BCUT2D eigenvalue weighted by Gasteiger charge is 2.35. The van der Waals surface area contributed by atoms with Gasteiger partial charge in [-0.1, -0.05) is 17.7 Å². The molecule has 1 atom stereocenters. The molecule has 1 unspecified atom stereocenters. The Labute approximate surface area is 140 Å². The van der Waals surface area contributed by atoms with Gasteiger partial charge in [0.1, 0.15) is 6.33 Å². The minimum Gasteiger partial charge on any atom is -0.348 e. The summed E-state index contributed by atoms with van der Waals surface area (Å²) in [4.78, 5) is 26.3. The Hall–Kier alpha value is -2.70. The summed E-state index contributed by atoms with van der Waals surface area (Å²) in [7, 11) is 0.